The van der Waals surface area contributed by atoms with Crippen LogP contribution in [-0.2, 0) is 6.54 Å². The van der Waals surface area contributed by atoms with E-state index in [1.54, 1.807) is 11.8 Å². The number of carbonyl (C=O) groups excluding carboxylic acids is 1. The van der Waals surface area contributed by atoms with Gasteiger partial charge >= 0.3 is 0 Å². The van der Waals surface area contributed by atoms with Gasteiger partial charge < -0.3 is 5.32 Å². The van der Waals surface area contributed by atoms with Crippen molar-refractivity contribution in [2.75, 3.05) is 6.26 Å². The van der Waals surface area contributed by atoms with Gasteiger partial charge in [-0.25, -0.2) is 5.10 Å². The zero-order valence-corrected chi connectivity index (χ0v) is 11.2. The summed E-state index contributed by atoms with van der Waals surface area (Å²) in [5.41, 5.74) is 0.915. The summed E-state index contributed by atoms with van der Waals surface area (Å²) in [6, 6.07) is 10.5. The van der Waals surface area contributed by atoms with Crippen LogP contribution in [0.5, 0.6) is 0 Å². The minimum Gasteiger partial charge on any atom is -0.347 e. The number of nitrogens with one attached hydrogen (secondary N) is 2. The molecule has 0 aliphatic carbocycles. The predicted molar refractivity (Wildman–Crippen MR) is 74.3 cm³/mol. The van der Waals surface area contributed by atoms with Gasteiger partial charge in [-0.05, 0) is 24.0 Å². The molecule has 0 fully saturated rings. The molecule has 6 heteroatoms. The quantitative estimate of drug-likeness (QED) is 0.828. The van der Waals surface area contributed by atoms with Crippen LogP contribution < -0.4 is 10.9 Å². The first-order valence-electron chi connectivity index (χ1n) is 5.66. The number of thioether (sulfide) groups is 1. The average molecular weight is 275 g/mol. The standard InChI is InChI=1S/C13H13N3O2S/c1-19-11-5-3-2-4-9(11)8-14-13(18)10-6-7-12(17)16-15-10/h2-7H,8H2,1H3,(H,14,18)(H,16,17). The first kappa shape index (κ1) is 13.4. The number of carbonyl (C=O) groups is 1. The van der Waals surface area contributed by atoms with E-state index in [9.17, 15) is 9.59 Å². The second-order valence-electron chi connectivity index (χ2n) is 3.80. The van der Waals surface area contributed by atoms with E-state index in [1.165, 1.54) is 12.1 Å². The Hall–Kier alpha value is -2.08. The molecule has 0 atom stereocenters. The van der Waals surface area contributed by atoms with Gasteiger partial charge in [-0.15, -0.1) is 11.8 Å². The molecule has 0 bridgehead atoms. The molecular formula is C13H13N3O2S. The summed E-state index contributed by atoms with van der Waals surface area (Å²) < 4.78 is 0. The smallest absolute Gasteiger partial charge is 0.271 e. The van der Waals surface area contributed by atoms with Gasteiger partial charge in [-0.2, -0.15) is 5.10 Å². The fourth-order valence-corrected chi connectivity index (χ4v) is 2.20. The first-order valence-corrected chi connectivity index (χ1v) is 6.89. The van der Waals surface area contributed by atoms with E-state index in [2.05, 4.69) is 15.5 Å². The molecule has 0 aliphatic heterocycles. The van der Waals surface area contributed by atoms with Crippen molar-refractivity contribution in [2.24, 2.45) is 0 Å². The van der Waals surface area contributed by atoms with Gasteiger partial charge in [-0.1, -0.05) is 18.2 Å². The lowest BCUT2D eigenvalue weighted by atomic mass is 10.2. The summed E-state index contributed by atoms with van der Waals surface area (Å²) in [5, 5.41) is 8.68. The van der Waals surface area contributed by atoms with Gasteiger partial charge in [0.05, 0.1) is 0 Å². The van der Waals surface area contributed by atoms with E-state index in [0.717, 1.165) is 10.5 Å². The van der Waals surface area contributed by atoms with Gasteiger partial charge in [0.15, 0.2) is 0 Å². The molecule has 0 radical (unpaired) electrons. The van der Waals surface area contributed by atoms with Gasteiger partial charge in [0.2, 0.25) is 0 Å². The molecule has 0 unspecified atom stereocenters. The number of rotatable bonds is 4. The van der Waals surface area contributed by atoms with Gasteiger partial charge in [0, 0.05) is 17.5 Å². The molecule has 98 valence electrons. The highest BCUT2D eigenvalue weighted by Gasteiger charge is 2.08. The number of nitrogens with zero attached hydrogens (tertiary/aromatic N) is 1. The molecule has 0 spiro atoms. The summed E-state index contributed by atoms with van der Waals surface area (Å²) in [4.78, 5) is 23.8. The molecular weight excluding hydrogens is 262 g/mol. The average Bonchev–Trinajstić information content (AvgIpc) is 2.45. The van der Waals surface area contributed by atoms with Crippen LogP contribution in [0.4, 0.5) is 0 Å². The van der Waals surface area contributed by atoms with Crippen molar-refractivity contribution < 1.29 is 4.79 Å². The van der Waals surface area contributed by atoms with Gasteiger partial charge in [0.25, 0.3) is 11.5 Å². The third-order valence-electron chi connectivity index (χ3n) is 2.54. The van der Waals surface area contributed by atoms with Crippen LogP contribution in [0.1, 0.15) is 16.1 Å². The van der Waals surface area contributed by atoms with E-state index in [1.807, 2.05) is 30.5 Å². The molecule has 1 aromatic carbocycles. The second-order valence-corrected chi connectivity index (χ2v) is 4.65. The lowest BCUT2D eigenvalue weighted by molar-refractivity contribution is 0.0944. The van der Waals surface area contributed by atoms with E-state index in [0.29, 0.717) is 6.54 Å². The fourth-order valence-electron chi connectivity index (χ4n) is 1.59. The molecule has 0 aliphatic rings. The topological polar surface area (TPSA) is 74.8 Å². The second kappa shape index (κ2) is 6.19. The number of H-pyrrole nitrogens is 1. The minimum atomic E-state index is -0.329. The molecule has 1 amide bonds. The summed E-state index contributed by atoms with van der Waals surface area (Å²) in [6.45, 7) is 0.427. The lowest BCUT2D eigenvalue weighted by Gasteiger charge is -2.08. The largest absolute Gasteiger partial charge is 0.347 e. The monoisotopic (exact) mass is 275 g/mol. The maximum Gasteiger partial charge on any atom is 0.271 e. The first-order chi connectivity index (χ1) is 9.20. The number of hydrogen-bond acceptors (Lipinski definition) is 4. The fraction of sp³-hybridized carbons (Fsp3) is 0.154. The molecule has 2 rings (SSSR count). The molecule has 0 saturated carbocycles. The zero-order valence-electron chi connectivity index (χ0n) is 10.3. The van der Waals surface area contributed by atoms with Gasteiger partial charge in [0.1, 0.15) is 5.69 Å². The minimum absolute atomic E-state index is 0.196. The number of hydrogen-bond donors (Lipinski definition) is 2. The summed E-state index contributed by atoms with van der Waals surface area (Å²) in [6.07, 6.45) is 1.99. The van der Waals surface area contributed by atoms with Crippen LogP contribution in [0.2, 0.25) is 0 Å². The maximum atomic E-state index is 11.8. The van der Waals surface area contributed by atoms with Crippen LogP contribution in [0.3, 0.4) is 0 Å². The SMILES string of the molecule is CSc1ccccc1CNC(=O)c1ccc(=O)[nH]n1. The molecule has 0 saturated heterocycles. The number of benzene rings is 1. The van der Waals surface area contributed by atoms with Crippen molar-refractivity contribution in [1.82, 2.24) is 15.5 Å². The van der Waals surface area contributed by atoms with Gasteiger partial charge in [-0.3, -0.25) is 9.59 Å². The number of amides is 1. The van der Waals surface area contributed by atoms with Crippen molar-refractivity contribution in [2.45, 2.75) is 11.4 Å². The van der Waals surface area contributed by atoms with Crippen LogP contribution >= 0.6 is 11.8 Å². The normalized spacial score (nSPS) is 10.2. The van der Waals surface area contributed by atoms with Crippen molar-refractivity contribution in [3.63, 3.8) is 0 Å². The number of aromatic amines is 1. The Morgan fingerprint density at radius 1 is 1.32 bits per heavy atom. The highest BCUT2D eigenvalue weighted by molar-refractivity contribution is 7.98. The molecule has 1 heterocycles. The Labute approximate surface area is 114 Å². The maximum absolute atomic E-state index is 11.8. The highest BCUT2D eigenvalue weighted by atomic mass is 32.2. The molecule has 2 aromatic rings. The molecule has 19 heavy (non-hydrogen) atoms. The van der Waals surface area contributed by atoms with Crippen LogP contribution in [-0.4, -0.2) is 22.4 Å². The Balaban J connectivity index is 2.04. The number of aromatic nitrogens is 2. The van der Waals surface area contributed by atoms with E-state index in [-0.39, 0.29) is 17.2 Å². The Morgan fingerprint density at radius 3 is 2.79 bits per heavy atom. The molecule has 1 aromatic heterocycles. The van der Waals surface area contributed by atoms with Crippen LogP contribution in [0.15, 0.2) is 46.1 Å². The van der Waals surface area contributed by atoms with Crippen molar-refractivity contribution in [1.29, 1.82) is 0 Å². The Morgan fingerprint density at radius 2 is 2.11 bits per heavy atom. The third kappa shape index (κ3) is 3.45. The summed E-state index contributed by atoms with van der Waals surface area (Å²) in [7, 11) is 0. The van der Waals surface area contributed by atoms with E-state index < -0.39 is 0 Å². The van der Waals surface area contributed by atoms with Crippen molar-refractivity contribution in [3.05, 3.63) is 58.0 Å². The van der Waals surface area contributed by atoms with Crippen molar-refractivity contribution >= 4 is 17.7 Å². The molecule has 2 N–H and O–H groups in total. The van der Waals surface area contributed by atoms with Crippen LogP contribution in [0.25, 0.3) is 0 Å². The Bertz CT molecular complexity index is 619. The third-order valence-corrected chi connectivity index (χ3v) is 3.38. The van der Waals surface area contributed by atoms with E-state index in [4.69, 9.17) is 0 Å². The lowest BCUT2D eigenvalue weighted by Crippen LogP contribution is -2.25. The predicted octanol–water partition coefficient (Wildman–Crippen LogP) is 1.42. The van der Waals surface area contributed by atoms with E-state index >= 15 is 0 Å². The van der Waals surface area contributed by atoms with Crippen LogP contribution in [0, 0.1) is 0 Å². The zero-order chi connectivity index (χ0) is 13.7. The summed E-state index contributed by atoms with van der Waals surface area (Å²) in [5.74, 6) is -0.313. The highest BCUT2D eigenvalue weighted by Crippen LogP contribution is 2.19. The molecule has 5 nitrogen and oxygen atoms in total. The van der Waals surface area contributed by atoms with Crippen molar-refractivity contribution in [3.8, 4) is 0 Å². The summed E-state index contributed by atoms with van der Waals surface area (Å²) >= 11 is 1.63. The Kier molecular flexibility index (Phi) is 4.35.